The van der Waals surface area contributed by atoms with E-state index in [1.165, 1.54) is 6.07 Å². The maximum atomic E-state index is 14.0. The molecule has 1 heterocycles. The lowest BCUT2D eigenvalue weighted by molar-refractivity contribution is 0.0532. The molecule has 1 aliphatic rings. The molecular formula is C25H36FIN4O2. The van der Waals surface area contributed by atoms with Crippen molar-refractivity contribution in [1.29, 1.82) is 0 Å². The highest BCUT2D eigenvalue weighted by molar-refractivity contribution is 14.0. The summed E-state index contributed by atoms with van der Waals surface area (Å²) in [4.78, 5) is 6.82. The molecule has 0 radical (unpaired) electrons. The van der Waals surface area contributed by atoms with Gasteiger partial charge in [-0.3, -0.25) is 4.99 Å². The average Bonchev–Trinajstić information content (AvgIpc) is 2.80. The maximum Gasteiger partial charge on any atom is 0.191 e. The first-order chi connectivity index (χ1) is 15.5. The van der Waals surface area contributed by atoms with E-state index in [-0.39, 0.29) is 41.6 Å². The normalized spacial score (nSPS) is 15.2. The fourth-order valence-electron chi connectivity index (χ4n) is 3.68. The van der Waals surface area contributed by atoms with Crippen LogP contribution in [0.2, 0.25) is 0 Å². The van der Waals surface area contributed by atoms with Gasteiger partial charge in [0.1, 0.15) is 5.75 Å². The minimum absolute atomic E-state index is 0. The van der Waals surface area contributed by atoms with E-state index in [4.69, 9.17) is 9.47 Å². The fourth-order valence-corrected chi connectivity index (χ4v) is 3.68. The van der Waals surface area contributed by atoms with Crippen molar-refractivity contribution in [2.75, 3.05) is 33.3 Å². The number of rotatable bonds is 9. The summed E-state index contributed by atoms with van der Waals surface area (Å²) < 4.78 is 25.5. The van der Waals surface area contributed by atoms with Crippen LogP contribution in [0.15, 0.2) is 53.5 Å². The molecular weight excluding hydrogens is 534 g/mol. The van der Waals surface area contributed by atoms with Gasteiger partial charge in [-0.15, -0.1) is 24.0 Å². The Balaban J connectivity index is 0.00000385. The molecule has 1 aliphatic heterocycles. The van der Waals surface area contributed by atoms with E-state index in [0.29, 0.717) is 18.3 Å². The number of nitrogens with one attached hydrogen (secondary N) is 2. The number of ether oxygens (including phenoxy) is 2. The van der Waals surface area contributed by atoms with Gasteiger partial charge in [0.2, 0.25) is 0 Å². The third-order valence-corrected chi connectivity index (χ3v) is 5.49. The summed E-state index contributed by atoms with van der Waals surface area (Å²) in [5.74, 6) is 1.22. The largest absolute Gasteiger partial charge is 0.454 e. The highest BCUT2D eigenvalue weighted by atomic mass is 127. The second kappa shape index (κ2) is 14.4. The minimum atomic E-state index is -0.380. The van der Waals surface area contributed by atoms with Crippen LogP contribution < -0.4 is 15.4 Å². The summed E-state index contributed by atoms with van der Waals surface area (Å²) in [5, 5.41) is 6.89. The van der Waals surface area contributed by atoms with Gasteiger partial charge in [-0.1, -0.05) is 30.3 Å². The van der Waals surface area contributed by atoms with Gasteiger partial charge in [0.05, 0.1) is 12.7 Å². The maximum absolute atomic E-state index is 14.0. The fraction of sp³-hybridized carbons (Fsp3) is 0.480. The molecule has 0 aliphatic carbocycles. The van der Waals surface area contributed by atoms with Crippen LogP contribution in [0.25, 0.3) is 0 Å². The summed E-state index contributed by atoms with van der Waals surface area (Å²) in [6.07, 6.45) is 2.41. The number of benzene rings is 2. The smallest absolute Gasteiger partial charge is 0.191 e. The lowest BCUT2D eigenvalue weighted by Crippen LogP contribution is -2.49. The van der Waals surface area contributed by atoms with Crippen molar-refractivity contribution < 1.29 is 13.9 Å². The van der Waals surface area contributed by atoms with E-state index in [0.717, 1.165) is 50.6 Å². The molecule has 0 spiro atoms. The van der Waals surface area contributed by atoms with E-state index in [9.17, 15) is 4.39 Å². The van der Waals surface area contributed by atoms with Gasteiger partial charge in [0.25, 0.3) is 0 Å². The molecule has 2 aromatic rings. The van der Waals surface area contributed by atoms with Crippen LogP contribution in [0.4, 0.5) is 4.39 Å². The molecule has 182 valence electrons. The van der Waals surface area contributed by atoms with Gasteiger partial charge in [0, 0.05) is 44.8 Å². The zero-order valence-electron chi connectivity index (χ0n) is 19.7. The van der Waals surface area contributed by atoms with Crippen molar-refractivity contribution in [1.82, 2.24) is 15.5 Å². The second-order valence-electron chi connectivity index (χ2n) is 8.25. The number of guanidine groups is 1. The van der Waals surface area contributed by atoms with Crippen LogP contribution in [0, 0.1) is 5.82 Å². The SMILES string of the molecule is CN=C(NCc1ccccc1Oc1ccccc1F)NC1CCN(CCOC(C)C)CC1.I. The van der Waals surface area contributed by atoms with E-state index < -0.39 is 0 Å². The van der Waals surface area contributed by atoms with Crippen molar-refractivity contribution in [3.63, 3.8) is 0 Å². The van der Waals surface area contributed by atoms with Crippen LogP contribution >= 0.6 is 24.0 Å². The van der Waals surface area contributed by atoms with Crippen molar-refractivity contribution >= 4 is 29.9 Å². The van der Waals surface area contributed by atoms with Gasteiger partial charge < -0.3 is 25.0 Å². The molecule has 0 bridgehead atoms. The first kappa shape index (κ1) is 27.3. The third kappa shape index (κ3) is 9.10. The molecule has 1 fully saturated rings. The zero-order chi connectivity index (χ0) is 22.8. The molecule has 3 rings (SSSR count). The first-order valence-electron chi connectivity index (χ1n) is 11.4. The van der Waals surface area contributed by atoms with E-state index in [1.807, 2.05) is 24.3 Å². The van der Waals surface area contributed by atoms with Gasteiger partial charge in [-0.2, -0.15) is 0 Å². The van der Waals surface area contributed by atoms with Crippen LogP contribution in [-0.4, -0.2) is 56.3 Å². The molecule has 0 amide bonds. The third-order valence-electron chi connectivity index (χ3n) is 5.49. The number of likely N-dealkylation sites (tertiary alicyclic amines) is 1. The lowest BCUT2D eigenvalue weighted by atomic mass is 10.1. The van der Waals surface area contributed by atoms with Gasteiger partial charge >= 0.3 is 0 Å². The summed E-state index contributed by atoms with van der Waals surface area (Å²) in [7, 11) is 1.77. The van der Waals surface area contributed by atoms with E-state index in [1.54, 1.807) is 25.2 Å². The Kier molecular flexibility index (Phi) is 11.9. The molecule has 8 heteroatoms. The molecule has 2 aromatic carbocycles. The predicted octanol–water partition coefficient (Wildman–Crippen LogP) is 4.79. The van der Waals surface area contributed by atoms with E-state index in [2.05, 4.69) is 34.4 Å². The van der Waals surface area contributed by atoms with Gasteiger partial charge in [0.15, 0.2) is 17.5 Å². The molecule has 2 N–H and O–H groups in total. The van der Waals surface area contributed by atoms with Crippen molar-refractivity contribution in [2.24, 2.45) is 4.99 Å². The average molecular weight is 570 g/mol. The molecule has 1 saturated heterocycles. The molecule has 0 aromatic heterocycles. The summed E-state index contributed by atoms with van der Waals surface area (Å²) >= 11 is 0. The first-order valence-corrected chi connectivity index (χ1v) is 11.4. The second-order valence-corrected chi connectivity index (χ2v) is 8.25. The number of aliphatic imine (C=N–C) groups is 1. The minimum Gasteiger partial charge on any atom is -0.454 e. The highest BCUT2D eigenvalue weighted by Crippen LogP contribution is 2.27. The van der Waals surface area contributed by atoms with Crippen molar-refractivity contribution in [2.45, 2.75) is 45.4 Å². The summed E-state index contributed by atoms with van der Waals surface area (Å²) in [5.41, 5.74) is 0.929. The lowest BCUT2D eigenvalue weighted by Gasteiger charge is -2.33. The molecule has 0 atom stereocenters. The highest BCUT2D eigenvalue weighted by Gasteiger charge is 2.20. The van der Waals surface area contributed by atoms with Crippen molar-refractivity contribution in [3.05, 3.63) is 59.9 Å². The number of nitrogens with zero attached hydrogens (tertiary/aromatic N) is 2. The van der Waals surface area contributed by atoms with Crippen LogP contribution in [0.3, 0.4) is 0 Å². The van der Waals surface area contributed by atoms with Crippen molar-refractivity contribution in [3.8, 4) is 11.5 Å². The standard InChI is InChI=1S/C25H35FN4O2.HI/c1-19(2)31-17-16-30-14-12-21(13-15-30)29-25(27-3)28-18-20-8-4-6-10-23(20)32-24-11-7-5-9-22(24)26;/h4-11,19,21H,12-18H2,1-3H3,(H2,27,28,29);1H. The molecule has 0 saturated carbocycles. The molecule has 6 nitrogen and oxygen atoms in total. The quantitative estimate of drug-likeness (QED) is 0.258. The predicted molar refractivity (Wildman–Crippen MR) is 142 cm³/mol. The molecule has 33 heavy (non-hydrogen) atoms. The van der Waals surface area contributed by atoms with Crippen LogP contribution in [0.5, 0.6) is 11.5 Å². The van der Waals surface area contributed by atoms with E-state index >= 15 is 0 Å². The molecule has 0 unspecified atom stereocenters. The summed E-state index contributed by atoms with van der Waals surface area (Å²) in [6, 6.07) is 14.4. The number of para-hydroxylation sites is 2. The Labute approximate surface area is 214 Å². The Morgan fingerprint density at radius 2 is 1.76 bits per heavy atom. The number of halogens is 2. The zero-order valence-corrected chi connectivity index (χ0v) is 22.1. The topological polar surface area (TPSA) is 58.1 Å². The Morgan fingerprint density at radius 3 is 2.42 bits per heavy atom. The Morgan fingerprint density at radius 1 is 1.09 bits per heavy atom. The Hall–Kier alpha value is -1.91. The van der Waals surface area contributed by atoms with Gasteiger partial charge in [-0.05, 0) is 44.9 Å². The number of hydrogen-bond acceptors (Lipinski definition) is 4. The van der Waals surface area contributed by atoms with Gasteiger partial charge in [-0.25, -0.2) is 4.39 Å². The summed E-state index contributed by atoms with van der Waals surface area (Å²) in [6.45, 7) is 8.53. The monoisotopic (exact) mass is 570 g/mol. The van der Waals surface area contributed by atoms with Crippen LogP contribution in [-0.2, 0) is 11.3 Å². The van der Waals surface area contributed by atoms with Crippen LogP contribution in [0.1, 0.15) is 32.3 Å². The Bertz CT molecular complexity index is 873. The number of hydrogen-bond donors (Lipinski definition) is 2. The number of piperidine rings is 1.